The lowest BCUT2D eigenvalue weighted by molar-refractivity contribution is 0.0202. The van der Waals surface area contributed by atoms with E-state index in [1.165, 1.54) is 35.1 Å². The Kier molecular flexibility index (Phi) is 5.13. The number of fused-ring (bicyclic) bond motifs is 2. The topological polar surface area (TPSA) is 32.3 Å². The van der Waals surface area contributed by atoms with Crippen LogP contribution in [0.5, 0.6) is 0 Å². The van der Waals surface area contributed by atoms with Gasteiger partial charge in [0.2, 0.25) is 0 Å². The summed E-state index contributed by atoms with van der Waals surface area (Å²) in [6.07, 6.45) is 3.57. The molecule has 2 fully saturated rings. The van der Waals surface area contributed by atoms with Gasteiger partial charge >= 0.3 is 0 Å². The lowest BCUT2D eigenvalue weighted by Crippen LogP contribution is -2.52. The number of nitrogens with one attached hydrogen (secondary N) is 1. The molecule has 2 aliphatic rings. The average Bonchev–Trinajstić information content (AvgIpc) is 3.54. The van der Waals surface area contributed by atoms with Gasteiger partial charge in [0.05, 0.1) is 0 Å². The van der Waals surface area contributed by atoms with Gasteiger partial charge in [0.1, 0.15) is 5.60 Å². The predicted octanol–water partition coefficient (Wildman–Crippen LogP) is 6.40. The Hall–Kier alpha value is -3.20. The van der Waals surface area contributed by atoms with Crippen molar-refractivity contribution in [1.82, 2.24) is 5.32 Å². The second-order valence-corrected chi connectivity index (χ2v) is 9.57. The first kappa shape index (κ1) is 20.4. The standard InChI is InChI=1S/C31H29NO/c33-31(30-26-15-20-29(21-26)32-30,27-16-11-24(12-17-27)22-7-3-1-4-8-22)28-18-13-25(14-19-28)23-9-5-2-6-10-23/h1-14,16-19,26,29-30,32-33H,15,20-21H2/t26-,29+,30-/m1/s1. The summed E-state index contributed by atoms with van der Waals surface area (Å²) in [6, 6.07) is 38.4. The van der Waals surface area contributed by atoms with Crippen LogP contribution in [-0.2, 0) is 5.60 Å². The lowest BCUT2D eigenvalue weighted by atomic mass is 9.74. The zero-order valence-electron chi connectivity index (χ0n) is 18.7. The minimum absolute atomic E-state index is 0.0291. The van der Waals surface area contributed by atoms with Gasteiger partial charge in [-0.05, 0) is 58.6 Å². The summed E-state index contributed by atoms with van der Waals surface area (Å²) < 4.78 is 0. The van der Waals surface area contributed by atoms with E-state index in [9.17, 15) is 5.11 Å². The normalized spacial score (nSPS) is 21.9. The molecule has 0 unspecified atom stereocenters. The van der Waals surface area contributed by atoms with Crippen LogP contribution in [-0.4, -0.2) is 17.2 Å². The molecule has 1 saturated carbocycles. The first-order valence-electron chi connectivity index (χ1n) is 12.0. The molecule has 1 heterocycles. The van der Waals surface area contributed by atoms with Crippen LogP contribution in [0.25, 0.3) is 22.3 Å². The molecule has 4 aromatic rings. The predicted molar refractivity (Wildman–Crippen MR) is 135 cm³/mol. The highest BCUT2D eigenvalue weighted by Gasteiger charge is 2.51. The Morgan fingerprint density at radius 1 is 0.576 bits per heavy atom. The number of hydrogen-bond donors (Lipinski definition) is 2. The Morgan fingerprint density at radius 3 is 1.42 bits per heavy atom. The molecule has 0 aromatic heterocycles. The number of rotatable bonds is 5. The fourth-order valence-corrected chi connectivity index (χ4v) is 5.94. The first-order valence-corrected chi connectivity index (χ1v) is 12.0. The molecule has 6 rings (SSSR count). The Bertz CT molecular complexity index is 1130. The zero-order chi connectivity index (χ0) is 22.3. The molecule has 0 spiro atoms. The second-order valence-electron chi connectivity index (χ2n) is 9.57. The highest BCUT2D eigenvalue weighted by atomic mass is 16.3. The summed E-state index contributed by atoms with van der Waals surface area (Å²) in [5, 5.41) is 16.2. The molecule has 1 aliphatic carbocycles. The monoisotopic (exact) mass is 431 g/mol. The molecule has 2 bridgehead atoms. The van der Waals surface area contributed by atoms with Crippen LogP contribution >= 0.6 is 0 Å². The van der Waals surface area contributed by atoms with Crippen LogP contribution in [0.1, 0.15) is 30.4 Å². The lowest BCUT2D eigenvalue weighted by Gasteiger charge is -2.40. The van der Waals surface area contributed by atoms with Gasteiger partial charge in [-0.25, -0.2) is 0 Å². The van der Waals surface area contributed by atoms with Crippen molar-refractivity contribution >= 4 is 0 Å². The maximum Gasteiger partial charge on any atom is 0.130 e. The van der Waals surface area contributed by atoms with E-state index >= 15 is 0 Å². The van der Waals surface area contributed by atoms with Crippen molar-refractivity contribution in [1.29, 1.82) is 0 Å². The Labute approximate surface area is 195 Å². The first-order chi connectivity index (χ1) is 16.2. The van der Waals surface area contributed by atoms with Crippen molar-refractivity contribution in [2.75, 3.05) is 0 Å². The largest absolute Gasteiger partial charge is 0.379 e. The molecule has 1 aliphatic heterocycles. The van der Waals surface area contributed by atoms with Crippen molar-refractivity contribution in [3.05, 3.63) is 120 Å². The van der Waals surface area contributed by atoms with Gasteiger partial charge in [0, 0.05) is 12.1 Å². The van der Waals surface area contributed by atoms with Gasteiger partial charge in [0.15, 0.2) is 0 Å². The summed E-state index contributed by atoms with van der Waals surface area (Å²) in [7, 11) is 0. The smallest absolute Gasteiger partial charge is 0.130 e. The maximum atomic E-state index is 12.4. The summed E-state index contributed by atoms with van der Waals surface area (Å²) >= 11 is 0. The number of benzene rings is 4. The molecular formula is C31H29NO. The third-order valence-electron chi connectivity index (χ3n) is 7.67. The molecule has 2 N–H and O–H groups in total. The van der Waals surface area contributed by atoms with E-state index in [0.29, 0.717) is 12.0 Å². The molecule has 33 heavy (non-hydrogen) atoms. The van der Waals surface area contributed by atoms with E-state index in [-0.39, 0.29) is 6.04 Å². The second kappa shape index (κ2) is 8.30. The van der Waals surface area contributed by atoms with E-state index < -0.39 is 5.60 Å². The van der Waals surface area contributed by atoms with Gasteiger partial charge in [-0.3, -0.25) is 0 Å². The number of hydrogen-bond acceptors (Lipinski definition) is 2. The van der Waals surface area contributed by atoms with Crippen molar-refractivity contribution < 1.29 is 5.11 Å². The number of aliphatic hydroxyl groups is 1. The van der Waals surface area contributed by atoms with Gasteiger partial charge in [-0.1, -0.05) is 109 Å². The summed E-state index contributed by atoms with van der Waals surface area (Å²) in [5.74, 6) is 0.502. The third kappa shape index (κ3) is 3.60. The van der Waals surface area contributed by atoms with Crippen molar-refractivity contribution in [2.24, 2.45) is 5.92 Å². The van der Waals surface area contributed by atoms with Gasteiger partial charge in [0.25, 0.3) is 0 Å². The van der Waals surface area contributed by atoms with Crippen LogP contribution in [0.4, 0.5) is 0 Å². The van der Waals surface area contributed by atoms with E-state index in [2.05, 4.69) is 102 Å². The summed E-state index contributed by atoms with van der Waals surface area (Å²) in [6.45, 7) is 0. The summed E-state index contributed by atoms with van der Waals surface area (Å²) in [4.78, 5) is 0. The fraction of sp³-hybridized carbons (Fsp3) is 0.226. The zero-order valence-corrected chi connectivity index (χ0v) is 18.7. The minimum atomic E-state index is -1.07. The fourth-order valence-electron chi connectivity index (χ4n) is 5.94. The third-order valence-corrected chi connectivity index (χ3v) is 7.67. The molecule has 164 valence electrons. The molecule has 1 saturated heterocycles. The Balaban J connectivity index is 1.40. The molecule has 0 amide bonds. The molecular weight excluding hydrogens is 402 g/mol. The van der Waals surface area contributed by atoms with E-state index in [4.69, 9.17) is 0 Å². The van der Waals surface area contributed by atoms with E-state index in [0.717, 1.165) is 17.5 Å². The van der Waals surface area contributed by atoms with E-state index in [1.807, 2.05) is 12.1 Å². The Morgan fingerprint density at radius 2 is 1.03 bits per heavy atom. The average molecular weight is 432 g/mol. The minimum Gasteiger partial charge on any atom is -0.379 e. The maximum absolute atomic E-state index is 12.4. The van der Waals surface area contributed by atoms with Gasteiger partial charge < -0.3 is 10.4 Å². The van der Waals surface area contributed by atoms with Crippen molar-refractivity contribution in [2.45, 2.75) is 36.9 Å². The molecule has 4 aromatic carbocycles. The van der Waals surface area contributed by atoms with Crippen LogP contribution < -0.4 is 5.32 Å². The van der Waals surface area contributed by atoms with Crippen LogP contribution in [0.2, 0.25) is 0 Å². The van der Waals surface area contributed by atoms with Crippen LogP contribution in [0, 0.1) is 5.92 Å². The highest BCUT2D eigenvalue weighted by molar-refractivity contribution is 5.65. The highest BCUT2D eigenvalue weighted by Crippen LogP contribution is 2.46. The quantitative estimate of drug-likeness (QED) is 0.383. The molecule has 2 nitrogen and oxygen atoms in total. The van der Waals surface area contributed by atoms with Crippen molar-refractivity contribution in [3.8, 4) is 22.3 Å². The SMILES string of the molecule is OC(c1ccc(-c2ccccc2)cc1)(c1ccc(-c2ccccc2)cc1)[C@@H]1N[C@H]2CC[C@@H]1C2. The number of piperidine rings is 1. The molecule has 0 radical (unpaired) electrons. The van der Waals surface area contributed by atoms with Crippen molar-refractivity contribution in [3.63, 3.8) is 0 Å². The van der Waals surface area contributed by atoms with Gasteiger partial charge in [-0.15, -0.1) is 0 Å². The molecule has 2 heteroatoms. The molecule has 3 atom stereocenters. The van der Waals surface area contributed by atoms with Crippen LogP contribution in [0.15, 0.2) is 109 Å². The van der Waals surface area contributed by atoms with Crippen LogP contribution in [0.3, 0.4) is 0 Å². The van der Waals surface area contributed by atoms with Gasteiger partial charge in [-0.2, -0.15) is 0 Å². The summed E-state index contributed by atoms with van der Waals surface area (Å²) in [5.41, 5.74) is 5.57. The van der Waals surface area contributed by atoms with E-state index in [1.54, 1.807) is 0 Å².